The molecule has 7 nitrogen and oxygen atoms in total. The number of benzene rings is 2. The average molecular weight is 486 g/mol. The lowest BCUT2D eigenvalue weighted by Gasteiger charge is -2.39. The molecule has 2 fully saturated rings. The maximum absolute atomic E-state index is 10.4. The highest BCUT2D eigenvalue weighted by atomic mass is 35.5. The van der Waals surface area contributed by atoms with Crippen molar-refractivity contribution in [3.8, 4) is 5.75 Å². The highest BCUT2D eigenvalue weighted by Gasteiger charge is 2.57. The monoisotopic (exact) mass is 485 g/mol. The smallest absolute Gasteiger partial charge is 0.198 e. The molecule has 3 atom stereocenters. The fourth-order valence-electron chi connectivity index (χ4n) is 4.92. The molecule has 5 rings (SSSR count). The summed E-state index contributed by atoms with van der Waals surface area (Å²) in [5.74, 6) is 0.381. The standard InChI is InChI=1S/C26H28ClNO6/c1-31-28-23-3-2-4-24(23)33-21-8-5-17(6-9-21)11-18-12-19(7-10-22(18)27)26-14-20(30)13-25(15-29,34-26)16-32-26/h4-10,12,20,29-30H,2-3,11,13-16H2,1H3/b28-23+/t20-,25-,26+/m0/s1. The van der Waals surface area contributed by atoms with Crippen LogP contribution in [0, 0.1) is 0 Å². The van der Waals surface area contributed by atoms with E-state index in [-0.39, 0.29) is 13.2 Å². The summed E-state index contributed by atoms with van der Waals surface area (Å²) in [4.78, 5) is 4.89. The predicted octanol–water partition coefficient (Wildman–Crippen LogP) is 4.08. The van der Waals surface area contributed by atoms with E-state index < -0.39 is 17.5 Å². The largest absolute Gasteiger partial charge is 0.456 e. The van der Waals surface area contributed by atoms with Gasteiger partial charge in [-0.3, -0.25) is 0 Å². The van der Waals surface area contributed by atoms with E-state index in [1.54, 1.807) is 0 Å². The second kappa shape index (κ2) is 9.32. The lowest BCUT2D eigenvalue weighted by molar-refractivity contribution is -0.248. The van der Waals surface area contributed by atoms with Crippen LogP contribution in [0.3, 0.4) is 0 Å². The molecule has 34 heavy (non-hydrogen) atoms. The summed E-state index contributed by atoms with van der Waals surface area (Å²) in [6.07, 6.45) is 4.37. The van der Waals surface area contributed by atoms with Crippen molar-refractivity contribution in [2.75, 3.05) is 20.3 Å². The first kappa shape index (κ1) is 23.3. The van der Waals surface area contributed by atoms with Crippen LogP contribution < -0.4 is 4.74 Å². The first-order valence-corrected chi connectivity index (χ1v) is 11.8. The number of oxime groups is 1. The number of fused-ring (bicyclic) bond motifs is 2. The van der Waals surface area contributed by atoms with Crippen molar-refractivity contribution in [2.45, 2.75) is 49.6 Å². The van der Waals surface area contributed by atoms with Gasteiger partial charge in [0.1, 0.15) is 29.9 Å². The van der Waals surface area contributed by atoms with Gasteiger partial charge in [0.25, 0.3) is 0 Å². The SMILES string of the molecule is CO/N=C1\CCC=C1Oc1ccc(Cc2cc([C@]34C[C@@H](O)C[C@](CO)(CO3)O4)ccc2Cl)cc1. The molecule has 0 amide bonds. The summed E-state index contributed by atoms with van der Waals surface area (Å²) in [5, 5.41) is 24.9. The summed E-state index contributed by atoms with van der Waals surface area (Å²) >= 11 is 6.53. The quantitative estimate of drug-likeness (QED) is 0.574. The van der Waals surface area contributed by atoms with E-state index in [9.17, 15) is 10.2 Å². The fraction of sp³-hybridized carbons (Fsp3) is 0.423. The minimum Gasteiger partial charge on any atom is -0.456 e. The molecule has 2 N–H and O–H groups in total. The third-order valence-electron chi connectivity index (χ3n) is 6.58. The average Bonchev–Trinajstić information content (AvgIpc) is 3.38. The van der Waals surface area contributed by atoms with Gasteiger partial charge in [-0.1, -0.05) is 35.0 Å². The molecule has 0 unspecified atom stereocenters. The van der Waals surface area contributed by atoms with Gasteiger partial charge in [0.2, 0.25) is 0 Å². The van der Waals surface area contributed by atoms with E-state index in [2.05, 4.69) is 5.16 Å². The van der Waals surface area contributed by atoms with Crippen LogP contribution >= 0.6 is 11.6 Å². The molecule has 2 bridgehead atoms. The van der Waals surface area contributed by atoms with Gasteiger partial charge in [0.15, 0.2) is 5.79 Å². The van der Waals surface area contributed by atoms with Crippen LogP contribution in [0.25, 0.3) is 0 Å². The second-order valence-electron chi connectivity index (χ2n) is 9.10. The van der Waals surface area contributed by atoms with E-state index in [1.807, 2.05) is 48.5 Å². The molecule has 2 heterocycles. The number of aliphatic hydroxyl groups is 2. The summed E-state index contributed by atoms with van der Waals surface area (Å²) in [6.45, 7) is 0.0453. The highest BCUT2D eigenvalue weighted by Crippen LogP contribution is 2.49. The van der Waals surface area contributed by atoms with E-state index in [4.69, 9.17) is 30.6 Å². The van der Waals surface area contributed by atoms with Gasteiger partial charge in [-0.05, 0) is 54.3 Å². The lowest BCUT2D eigenvalue weighted by Crippen LogP contribution is -2.47. The first-order valence-electron chi connectivity index (χ1n) is 11.4. The van der Waals surface area contributed by atoms with Gasteiger partial charge in [0, 0.05) is 29.8 Å². The summed E-state index contributed by atoms with van der Waals surface area (Å²) in [7, 11) is 1.53. The van der Waals surface area contributed by atoms with Gasteiger partial charge in [-0.15, -0.1) is 0 Å². The molecule has 2 aliphatic heterocycles. The highest BCUT2D eigenvalue weighted by molar-refractivity contribution is 6.31. The van der Waals surface area contributed by atoms with Gasteiger partial charge in [-0.2, -0.15) is 0 Å². The number of hydrogen-bond acceptors (Lipinski definition) is 7. The Morgan fingerprint density at radius 3 is 2.76 bits per heavy atom. The van der Waals surface area contributed by atoms with Crippen molar-refractivity contribution in [3.05, 3.63) is 76.0 Å². The molecule has 0 spiro atoms. The normalized spacial score (nSPS) is 29.4. The van der Waals surface area contributed by atoms with Crippen LogP contribution in [-0.4, -0.2) is 48.0 Å². The number of hydrogen-bond donors (Lipinski definition) is 2. The summed E-state index contributed by atoms with van der Waals surface area (Å²) in [6, 6.07) is 13.5. The summed E-state index contributed by atoms with van der Waals surface area (Å²) in [5.41, 5.74) is 2.72. The Hall–Kier alpha value is -2.42. The zero-order valence-corrected chi connectivity index (χ0v) is 19.8. The van der Waals surface area contributed by atoms with Gasteiger partial charge in [0.05, 0.1) is 19.3 Å². The molecular weight excluding hydrogens is 458 g/mol. The zero-order chi connectivity index (χ0) is 23.8. The number of allylic oxidation sites excluding steroid dienone is 2. The van der Waals surface area contributed by atoms with E-state index >= 15 is 0 Å². The molecule has 0 saturated carbocycles. The molecule has 1 aliphatic carbocycles. The zero-order valence-electron chi connectivity index (χ0n) is 19.0. The Labute approximate surface area is 203 Å². The molecule has 3 aliphatic rings. The second-order valence-corrected chi connectivity index (χ2v) is 9.51. The van der Waals surface area contributed by atoms with Crippen LogP contribution in [-0.2, 0) is 26.5 Å². The maximum atomic E-state index is 10.4. The minimum absolute atomic E-state index is 0.198. The van der Waals surface area contributed by atoms with Crippen LogP contribution in [0.5, 0.6) is 5.75 Å². The molecule has 0 aromatic heterocycles. The molecule has 2 aromatic rings. The Bertz CT molecular complexity index is 1120. The Balaban J connectivity index is 1.33. The maximum Gasteiger partial charge on any atom is 0.198 e. The molecule has 2 aromatic carbocycles. The number of aliphatic hydroxyl groups excluding tert-OH is 2. The van der Waals surface area contributed by atoms with E-state index in [0.717, 1.165) is 46.8 Å². The van der Waals surface area contributed by atoms with Crippen LogP contribution in [0.2, 0.25) is 5.02 Å². The number of rotatable bonds is 7. The molecule has 8 heteroatoms. The Morgan fingerprint density at radius 2 is 2.00 bits per heavy atom. The third-order valence-corrected chi connectivity index (χ3v) is 6.95. The molecule has 2 saturated heterocycles. The third kappa shape index (κ3) is 4.46. The predicted molar refractivity (Wildman–Crippen MR) is 127 cm³/mol. The van der Waals surface area contributed by atoms with Crippen molar-refractivity contribution in [3.63, 3.8) is 0 Å². The van der Waals surface area contributed by atoms with Crippen molar-refractivity contribution < 1.29 is 29.3 Å². The van der Waals surface area contributed by atoms with Crippen molar-refractivity contribution in [2.24, 2.45) is 5.16 Å². The molecular formula is C26H28ClNO6. The Kier molecular flexibility index (Phi) is 6.39. The van der Waals surface area contributed by atoms with E-state index in [1.165, 1.54) is 7.11 Å². The number of nitrogens with zero attached hydrogens (tertiary/aromatic N) is 1. The summed E-state index contributed by atoms with van der Waals surface area (Å²) < 4.78 is 18.2. The van der Waals surface area contributed by atoms with Crippen molar-refractivity contribution in [1.82, 2.24) is 0 Å². The van der Waals surface area contributed by atoms with Gasteiger partial charge >= 0.3 is 0 Å². The topological polar surface area (TPSA) is 89.7 Å². The molecule has 180 valence electrons. The molecule has 0 radical (unpaired) electrons. The van der Waals surface area contributed by atoms with Gasteiger partial charge in [-0.25, -0.2) is 0 Å². The lowest BCUT2D eigenvalue weighted by atomic mass is 9.88. The van der Waals surface area contributed by atoms with Crippen LogP contribution in [0.15, 0.2) is 59.5 Å². The Morgan fingerprint density at radius 1 is 1.18 bits per heavy atom. The fourth-order valence-corrected chi connectivity index (χ4v) is 5.11. The first-order chi connectivity index (χ1) is 16.4. The minimum atomic E-state index is -1.08. The van der Waals surface area contributed by atoms with Gasteiger partial charge < -0.3 is 29.3 Å². The van der Waals surface area contributed by atoms with Crippen molar-refractivity contribution in [1.29, 1.82) is 0 Å². The number of ether oxygens (including phenoxy) is 3. The van der Waals surface area contributed by atoms with Crippen LogP contribution in [0.4, 0.5) is 0 Å². The van der Waals surface area contributed by atoms with E-state index in [0.29, 0.717) is 24.3 Å². The number of halogens is 1. The van der Waals surface area contributed by atoms with Crippen molar-refractivity contribution >= 4 is 17.3 Å². The van der Waals surface area contributed by atoms with Crippen LogP contribution in [0.1, 0.15) is 42.4 Å².